The van der Waals surface area contributed by atoms with E-state index in [2.05, 4.69) is 26.0 Å². The molecule has 0 amide bonds. The van der Waals surface area contributed by atoms with E-state index in [-0.39, 0.29) is 0 Å². The number of hydrogen-bond donors (Lipinski definition) is 0. The first-order chi connectivity index (χ1) is 8.24. The Morgan fingerprint density at radius 1 is 0.941 bits per heavy atom. The minimum atomic E-state index is 0.886. The smallest absolute Gasteiger partial charge is 0.147 e. The van der Waals surface area contributed by atoms with Crippen molar-refractivity contribution in [2.45, 2.75) is 65.3 Å². The van der Waals surface area contributed by atoms with E-state index in [1.165, 1.54) is 44.9 Å². The van der Waals surface area contributed by atoms with Crippen LogP contribution in [0.3, 0.4) is 0 Å². The summed E-state index contributed by atoms with van der Waals surface area (Å²) in [5.74, 6) is 1.93. The van der Waals surface area contributed by atoms with Gasteiger partial charge < -0.3 is 0 Å². The molecule has 1 aromatic heterocycles. The molecule has 0 aliphatic heterocycles. The molecule has 1 rings (SSSR count). The van der Waals surface area contributed by atoms with Crippen LogP contribution in [0.5, 0.6) is 0 Å². The largest absolute Gasteiger partial charge is 0.250 e. The normalized spacial score (nSPS) is 11.0. The van der Waals surface area contributed by atoms with Gasteiger partial charge in [0.05, 0.1) is 0 Å². The van der Waals surface area contributed by atoms with Gasteiger partial charge in [0.15, 0.2) is 0 Å². The highest BCUT2D eigenvalue weighted by Gasteiger charge is 2.01. The van der Waals surface area contributed by atoms with Gasteiger partial charge in [-0.15, -0.1) is 0 Å². The van der Waals surface area contributed by atoms with E-state index in [4.69, 9.17) is 0 Å². The molecule has 0 bridgehead atoms. The monoisotopic (exact) mass is 301 g/mol. The first-order valence-corrected chi connectivity index (χ1v) is 7.80. The Balaban J connectivity index is 1.99. The van der Waals surface area contributed by atoms with Crippen molar-refractivity contribution in [1.82, 2.24) is 14.8 Å². The maximum Gasteiger partial charge on any atom is 0.147 e. The van der Waals surface area contributed by atoms with E-state index >= 15 is 0 Å². The molecule has 0 fully saturated rings. The fourth-order valence-corrected chi connectivity index (χ4v) is 2.41. The lowest BCUT2D eigenvalue weighted by molar-refractivity contribution is 0.513. The third kappa shape index (κ3) is 6.20. The van der Waals surface area contributed by atoms with E-state index in [1.54, 1.807) is 0 Å². The van der Waals surface area contributed by atoms with Crippen LogP contribution in [-0.2, 0) is 6.54 Å². The first kappa shape index (κ1) is 14.7. The molecular formula is C13H24BrN3. The molecule has 0 radical (unpaired) electrons. The minimum absolute atomic E-state index is 0.886. The van der Waals surface area contributed by atoms with Crippen molar-refractivity contribution < 1.29 is 0 Å². The molecule has 0 spiro atoms. The lowest BCUT2D eigenvalue weighted by Gasteiger charge is -2.03. The third-order valence-corrected chi connectivity index (χ3v) is 3.53. The molecule has 0 atom stereocenters. The lowest BCUT2D eigenvalue weighted by atomic mass is 10.1. The molecule has 17 heavy (non-hydrogen) atoms. The predicted octanol–water partition coefficient (Wildman–Crippen LogP) is 4.02. The van der Waals surface area contributed by atoms with Crippen LogP contribution in [0.1, 0.15) is 56.6 Å². The summed E-state index contributed by atoms with van der Waals surface area (Å²) in [5, 5.41) is 5.52. The van der Waals surface area contributed by atoms with Crippen LogP contribution in [-0.4, -0.2) is 20.1 Å². The molecule has 0 saturated heterocycles. The molecule has 0 unspecified atom stereocenters. The number of unbranched alkanes of at least 4 members (excludes halogenated alkanes) is 6. The van der Waals surface area contributed by atoms with Crippen LogP contribution in [0.25, 0.3) is 0 Å². The zero-order valence-corrected chi connectivity index (χ0v) is 12.7. The molecule has 0 aliphatic rings. The number of nitrogens with zero attached hydrogens (tertiary/aromatic N) is 3. The van der Waals surface area contributed by atoms with Crippen LogP contribution in [0.15, 0.2) is 0 Å². The number of alkyl halides is 1. The van der Waals surface area contributed by atoms with Gasteiger partial charge in [0.2, 0.25) is 0 Å². The Morgan fingerprint density at radius 3 is 2.06 bits per heavy atom. The fraction of sp³-hybridized carbons (Fsp3) is 0.846. The molecule has 3 nitrogen and oxygen atoms in total. The van der Waals surface area contributed by atoms with Gasteiger partial charge in [-0.25, -0.2) is 4.98 Å². The van der Waals surface area contributed by atoms with Crippen LogP contribution in [0, 0.1) is 13.8 Å². The molecule has 1 heterocycles. The van der Waals surface area contributed by atoms with E-state index in [0.29, 0.717) is 0 Å². The van der Waals surface area contributed by atoms with E-state index in [1.807, 2.05) is 18.5 Å². The van der Waals surface area contributed by atoms with E-state index in [9.17, 15) is 0 Å². The summed E-state index contributed by atoms with van der Waals surface area (Å²) in [6, 6.07) is 0. The summed E-state index contributed by atoms with van der Waals surface area (Å²) in [6.45, 7) is 5.00. The van der Waals surface area contributed by atoms with Gasteiger partial charge in [-0.3, -0.25) is 4.68 Å². The topological polar surface area (TPSA) is 30.7 Å². The molecule has 1 aromatic rings. The average Bonchev–Trinajstić information content (AvgIpc) is 2.61. The molecular weight excluding hydrogens is 278 g/mol. The number of aryl methyl sites for hydroxylation is 3. The van der Waals surface area contributed by atoms with Crippen molar-refractivity contribution in [3.63, 3.8) is 0 Å². The average molecular weight is 302 g/mol. The van der Waals surface area contributed by atoms with Crippen LogP contribution < -0.4 is 0 Å². The Kier molecular flexibility index (Phi) is 7.49. The van der Waals surface area contributed by atoms with E-state index in [0.717, 1.165) is 23.5 Å². The standard InChI is InChI=1S/C13H24BrN3/c1-12-15-13(2)17(16-12)11-9-7-5-3-4-6-8-10-14/h3-11H2,1-2H3. The summed E-state index contributed by atoms with van der Waals surface area (Å²) >= 11 is 3.46. The zero-order chi connectivity index (χ0) is 12.5. The van der Waals surface area contributed by atoms with Crippen LogP contribution >= 0.6 is 15.9 Å². The zero-order valence-electron chi connectivity index (χ0n) is 11.1. The van der Waals surface area contributed by atoms with Gasteiger partial charge >= 0.3 is 0 Å². The Bertz CT molecular complexity index is 310. The second-order valence-electron chi connectivity index (χ2n) is 4.59. The number of rotatable bonds is 9. The number of aromatic nitrogens is 3. The summed E-state index contributed by atoms with van der Waals surface area (Å²) in [7, 11) is 0. The highest BCUT2D eigenvalue weighted by Crippen LogP contribution is 2.09. The second-order valence-corrected chi connectivity index (χ2v) is 5.39. The van der Waals surface area contributed by atoms with Crippen LogP contribution in [0.4, 0.5) is 0 Å². The summed E-state index contributed by atoms with van der Waals surface area (Å²) < 4.78 is 2.03. The van der Waals surface area contributed by atoms with Gasteiger partial charge in [0.1, 0.15) is 11.6 Å². The Hall–Kier alpha value is -0.380. The van der Waals surface area contributed by atoms with Gasteiger partial charge in [-0.2, -0.15) is 5.10 Å². The SMILES string of the molecule is Cc1nc(C)n(CCCCCCCCCBr)n1. The maximum atomic E-state index is 4.37. The molecule has 0 aliphatic carbocycles. The minimum Gasteiger partial charge on any atom is -0.250 e. The van der Waals surface area contributed by atoms with Crippen molar-refractivity contribution in [2.24, 2.45) is 0 Å². The van der Waals surface area contributed by atoms with Gasteiger partial charge in [0.25, 0.3) is 0 Å². The Labute approximate surface area is 113 Å². The molecule has 0 N–H and O–H groups in total. The molecule has 0 aromatic carbocycles. The highest BCUT2D eigenvalue weighted by molar-refractivity contribution is 9.09. The summed E-state index contributed by atoms with van der Waals surface area (Å²) in [4.78, 5) is 4.31. The second kappa shape index (κ2) is 8.67. The molecule has 4 heteroatoms. The maximum absolute atomic E-state index is 4.37. The van der Waals surface area contributed by atoms with Crippen molar-refractivity contribution >= 4 is 15.9 Å². The van der Waals surface area contributed by atoms with Gasteiger partial charge in [-0.05, 0) is 26.7 Å². The van der Waals surface area contributed by atoms with E-state index < -0.39 is 0 Å². The van der Waals surface area contributed by atoms with Crippen molar-refractivity contribution in [3.8, 4) is 0 Å². The highest BCUT2D eigenvalue weighted by atomic mass is 79.9. The Morgan fingerprint density at radius 2 is 1.53 bits per heavy atom. The molecule has 98 valence electrons. The van der Waals surface area contributed by atoms with Crippen molar-refractivity contribution in [1.29, 1.82) is 0 Å². The predicted molar refractivity (Wildman–Crippen MR) is 75.6 cm³/mol. The quantitative estimate of drug-likeness (QED) is 0.509. The van der Waals surface area contributed by atoms with Gasteiger partial charge in [0, 0.05) is 11.9 Å². The summed E-state index contributed by atoms with van der Waals surface area (Å²) in [5.41, 5.74) is 0. The number of halogens is 1. The first-order valence-electron chi connectivity index (χ1n) is 6.68. The number of hydrogen-bond acceptors (Lipinski definition) is 2. The van der Waals surface area contributed by atoms with Crippen molar-refractivity contribution in [2.75, 3.05) is 5.33 Å². The lowest BCUT2D eigenvalue weighted by Crippen LogP contribution is -2.02. The fourth-order valence-electron chi connectivity index (χ4n) is 2.01. The van der Waals surface area contributed by atoms with Gasteiger partial charge in [-0.1, -0.05) is 48.0 Å². The third-order valence-electron chi connectivity index (χ3n) is 2.97. The van der Waals surface area contributed by atoms with Crippen molar-refractivity contribution in [3.05, 3.63) is 11.6 Å². The molecule has 0 saturated carbocycles. The van der Waals surface area contributed by atoms with Crippen LogP contribution in [0.2, 0.25) is 0 Å². The summed E-state index contributed by atoms with van der Waals surface area (Å²) in [6.07, 6.45) is 9.34.